The first kappa shape index (κ1) is 11.6. The lowest BCUT2D eigenvalue weighted by atomic mass is 9.97. The summed E-state index contributed by atoms with van der Waals surface area (Å²) in [6.07, 6.45) is 1.69. The number of aryl methyl sites for hydroxylation is 2. The number of aromatic amines is 1. The number of aromatic nitrogens is 2. The van der Waals surface area contributed by atoms with Crippen molar-refractivity contribution in [1.82, 2.24) is 15.6 Å². The number of hydrogen-bond acceptors (Lipinski definition) is 4. The van der Waals surface area contributed by atoms with Crippen LogP contribution in [0.25, 0.3) is 0 Å². The molecule has 5 nitrogen and oxygen atoms in total. The van der Waals surface area contributed by atoms with E-state index in [1.807, 2.05) is 6.07 Å². The van der Waals surface area contributed by atoms with Crippen molar-refractivity contribution in [2.75, 3.05) is 5.73 Å². The number of hydrogen-bond donors (Lipinski definition) is 4. The van der Waals surface area contributed by atoms with Gasteiger partial charge in [0.15, 0.2) is 0 Å². The smallest absolute Gasteiger partial charge is 0.124 e. The third-order valence-electron chi connectivity index (χ3n) is 3.04. The first-order valence-corrected chi connectivity index (χ1v) is 5.45. The van der Waals surface area contributed by atoms with Crippen molar-refractivity contribution in [1.29, 1.82) is 0 Å². The van der Waals surface area contributed by atoms with Crippen molar-refractivity contribution in [3.8, 4) is 0 Å². The molecule has 0 aliphatic carbocycles. The molecule has 0 saturated heterocycles. The van der Waals surface area contributed by atoms with E-state index in [0.717, 1.165) is 11.1 Å². The number of nitrogens with zero attached hydrogens (tertiary/aromatic N) is 1. The summed E-state index contributed by atoms with van der Waals surface area (Å²) in [6, 6.07) is 6.07. The molecule has 1 unspecified atom stereocenters. The highest BCUT2D eigenvalue weighted by molar-refractivity contribution is 5.45. The van der Waals surface area contributed by atoms with Crippen molar-refractivity contribution < 1.29 is 0 Å². The molecule has 17 heavy (non-hydrogen) atoms. The fourth-order valence-corrected chi connectivity index (χ4v) is 1.85. The molecule has 5 heteroatoms. The largest absolute Gasteiger partial charge is 0.384 e. The van der Waals surface area contributed by atoms with Crippen LogP contribution in [0.2, 0.25) is 0 Å². The Hall–Kier alpha value is -1.85. The van der Waals surface area contributed by atoms with Gasteiger partial charge in [-0.25, -0.2) is 5.43 Å². The van der Waals surface area contributed by atoms with Crippen LogP contribution in [0.3, 0.4) is 0 Å². The summed E-state index contributed by atoms with van der Waals surface area (Å²) in [4.78, 5) is 0. The Morgan fingerprint density at radius 2 is 2.06 bits per heavy atom. The molecule has 0 amide bonds. The minimum atomic E-state index is -0.145. The lowest BCUT2D eigenvalue weighted by molar-refractivity contribution is 0.638. The number of benzene rings is 1. The van der Waals surface area contributed by atoms with Crippen LogP contribution in [-0.2, 0) is 0 Å². The molecule has 1 atom stereocenters. The molecule has 0 fully saturated rings. The molecule has 2 rings (SSSR count). The molecule has 0 saturated carbocycles. The molecule has 0 radical (unpaired) electrons. The number of hydrazine groups is 1. The van der Waals surface area contributed by atoms with Crippen LogP contribution < -0.4 is 17.0 Å². The molecule has 1 aromatic heterocycles. The predicted octanol–water partition coefficient (Wildman–Crippen LogP) is 1.16. The Labute approximate surface area is 100 Å². The minimum absolute atomic E-state index is 0.145. The number of anilines is 1. The van der Waals surface area contributed by atoms with Crippen molar-refractivity contribution >= 4 is 5.82 Å². The van der Waals surface area contributed by atoms with Crippen LogP contribution in [-0.4, -0.2) is 10.2 Å². The van der Waals surface area contributed by atoms with Gasteiger partial charge in [-0.05, 0) is 30.5 Å². The lowest BCUT2D eigenvalue weighted by Crippen LogP contribution is -2.29. The molecule has 2 aromatic rings. The second-order valence-electron chi connectivity index (χ2n) is 4.18. The third-order valence-corrected chi connectivity index (χ3v) is 3.04. The molecule has 0 bridgehead atoms. The Bertz CT molecular complexity index is 517. The van der Waals surface area contributed by atoms with Crippen molar-refractivity contribution in [3.63, 3.8) is 0 Å². The highest BCUT2D eigenvalue weighted by atomic mass is 15.2. The van der Waals surface area contributed by atoms with E-state index in [9.17, 15) is 0 Å². The van der Waals surface area contributed by atoms with E-state index in [1.165, 1.54) is 11.1 Å². The van der Waals surface area contributed by atoms with Crippen LogP contribution in [0.5, 0.6) is 0 Å². The maximum absolute atomic E-state index is 5.81. The van der Waals surface area contributed by atoms with Crippen LogP contribution in [0, 0.1) is 13.8 Å². The molecular formula is C12H17N5. The van der Waals surface area contributed by atoms with E-state index >= 15 is 0 Å². The summed E-state index contributed by atoms with van der Waals surface area (Å²) in [5.74, 6) is 6.14. The van der Waals surface area contributed by atoms with Crippen LogP contribution >= 0.6 is 0 Å². The van der Waals surface area contributed by atoms with Crippen LogP contribution in [0.15, 0.2) is 24.4 Å². The van der Waals surface area contributed by atoms with E-state index < -0.39 is 0 Å². The maximum atomic E-state index is 5.81. The summed E-state index contributed by atoms with van der Waals surface area (Å²) < 4.78 is 0. The number of nitrogens with two attached hydrogens (primary N) is 2. The Morgan fingerprint density at radius 1 is 1.29 bits per heavy atom. The van der Waals surface area contributed by atoms with Gasteiger partial charge in [-0.1, -0.05) is 18.2 Å². The monoisotopic (exact) mass is 231 g/mol. The summed E-state index contributed by atoms with van der Waals surface area (Å²) in [6.45, 7) is 4.15. The normalized spacial score (nSPS) is 12.6. The van der Waals surface area contributed by atoms with E-state index in [4.69, 9.17) is 11.6 Å². The molecule has 6 N–H and O–H groups in total. The van der Waals surface area contributed by atoms with Gasteiger partial charge in [0.25, 0.3) is 0 Å². The second-order valence-corrected chi connectivity index (χ2v) is 4.18. The zero-order valence-electron chi connectivity index (χ0n) is 9.99. The van der Waals surface area contributed by atoms with Gasteiger partial charge in [0.2, 0.25) is 0 Å². The first-order valence-electron chi connectivity index (χ1n) is 5.45. The Morgan fingerprint density at radius 3 is 2.59 bits per heavy atom. The Kier molecular flexibility index (Phi) is 3.12. The van der Waals surface area contributed by atoms with Gasteiger partial charge in [-0.15, -0.1) is 0 Å². The van der Waals surface area contributed by atoms with Crippen LogP contribution in [0.4, 0.5) is 5.82 Å². The topological polar surface area (TPSA) is 92.7 Å². The summed E-state index contributed by atoms with van der Waals surface area (Å²) in [5, 5.41) is 6.62. The first-order chi connectivity index (χ1) is 8.13. The number of rotatable bonds is 3. The minimum Gasteiger partial charge on any atom is -0.384 e. The molecular weight excluding hydrogens is 214 g/mol. The van der Waals surface area contributed by atoms with Crippen molar-refractivity contribution in [2.45, 2.75) is 19.9 Å². The summed E-state index contributed by atoms with van der Waals surface area (Å²) in [7, 11) is 0. The molecule has 1 heterocycles. The van der Waals surface area contributed by atoms with Gasteiger partial charge >= 0.3 is 0 Å². The SMILES string of the molecule is Cc1ccc(C(NN)c2cn[nH]c2N)cc1C. The van der Waals surface area contributed by atoms with Gasteiger partial charge in [-0.2, -0.15) is 5.10 Å². The maximum Gasteiger partial charge on any atom is 0.124 e. The highest BCUT2D eigenvalue weighted by Crippen LogP contribution is 2.25. The average molecular weight is 231 g/mol. The average Bonchev–Trinajstić information content (AvgIpc) is 2.71. The number of nitrogens with one attached hydrogen (secondary N) is 2. The Balaban J connectivity index is 2.42. The molecule has 1 aromatic carbocycles. The quantitative estimate of drug-likeness (QED) is 0.471. The molecule has 0 aliphatic heterocycles. The van der Waals surface area contributed by atoms with Gasteiger partial charge < -0.3 is 5.73 Å². The zero-order chi connectivity index (χ0) is 12.4. The van der Waals surface area contributed by atoms with Gasteiger partial charge in [-0.3, -0.25) is 10.9 Å². The van der Waals surface area contributed by atoms with Crippen LogP contribution in [0.1, 0.15) is 28.3 Å². The van der Waals surface area contributed by atoms with E-state index in [-0.39, 0.29) is 6.04 Å². The summed E-state index contributed by atoms with van der Waals surface area (Å²) >= 11 is 0. The van der Waals surface area contributed by atoms with Gasteiger partial charge in [0.1, 0.15) is 5.82 Å². The fraction of sp³-hybridized carbons (Fsp3) is 0.250. The number of nitrogen functional groups attached to an aromatic ring is 1. The fourth-order valence-electron chi connectivity index (χ4n) is 1.85. The molecule has 0 spiro atoms. The summed E-state index contributed by atoms with van der Waals surface area (Å²) in [5.41, 5.74) is 13.0. The van der Waals surface area contributed by atoms with Gasteiger partial charge in [0.05, 0.1) is 12.2 Å². The van der Waals surface area contributed by atoms with Gasteiger partial charge in [0, 0.05) is 5.56 Å². The van der Waals surface area contributed by atoms with E-state index in [1.54, 1.807) is 6.20 Å². The molecule has 90 valence electrons. The predicted molar refractivity (Wildman–Crippen MR) is 68.1 cm³/mol. The number of H-pyrrole nitrogens is 1. The van der Waals surface area contributed by atoms with Crippen molar-refractivity contribution in [3.05, 3.63) is 46.6 Å². The van der Waals surface area contributed by atoms with E-state index in [2.05, 4.69) is 41.6 Å². The highest BCUT2D eigenvalue weighted by Gasteiger charge is 2.17. The third kappa shape index (κ3) is 2.15. The lowest BCUT2D eigenvalue weighted by Gasteiger charge is -2.16. The van der Waals surface area contributed by atoms with Crippen molar-refractivity contribution in [2.24, 2.45) is 5.84 Å². The van der Waals surface area contributed by atoms with E-state index in [0.29, 0.717) is 5.82 Å². The standard InChI is InChI=1S/C12H17N5/c1-7-3-4-9(5-8(7)2)11(16-14)10-6-15-17-12(10)13/h3-6,11,16H,14H2,1-2H3,(H3,13,15,17). The molecule has 0 aliphatic rings. The second kappa shape index (κ2) is 4.57. The zero-order valence-corrected chi connectivity index (χ0v) is 9.99.